The lowest BCUT2D eigenvalue weighted by Gasteiger charge is -2.12. The molecular formula is C16H21BrO2. The number of allylic oxidation sites excluding steroid dienone is 1. The molecule has 0 saturated heterocycles. The molecule has 3 heteroatoms. The lowest BCUT2D eigenvalue weighted by Crippen LogP contribution is -2.00. The van der Waals surface area contributed by atoms with Crippen molar-refractivity contribution in [1.29, 1.82) is 0 Å². The number of benzene rings is 1. The molecule has 0 aliphatic carbocycles. The van der Waals surface area contributed by atoms with Gasteiger partial charge in [0.25, 0.3) is 0 Å². The number of rotatable bonds is 10. The molecule has 0 unspecified atom stereocenters. The van der Waals surface area contributed by atoms with Gasteiger partial charge in [0.15, 0.2) is 0 Å². The Morgan fingerprint density at radius 2 is 1.58 bits per heavy atom. The summed E-state index contributed by atoms with van der Waals surface area (Å²) in [6.45, 7) is 8.72. The smallest absolute Gasteiger partial charge is 0.137 e. The molecule has 0 radical (unpaired) electrons. The molecule has 0 bridgehead atoms. The van der Waals surface area contributed by atoms with Crippen LogP contribution >= 0.6 is 15.9 Å². The van der Waals surface area contributed by atoms with Crippen molar-refractivity contribution in [3.05, 3.63) is 48.0 Å². The third kappa shape index (κ3) is 5.97. The van der Waals surface area contributed by atoms with E-state index in [2.05, 4.69) is 29.1 Å². The van der Waals surface area contributed by atoms with Crippen LogP contribution in [0.3, 0.4) is 0 Å². The molecule has 0 saturated carbocycles. The topological polar surface area (TPSA) is 18.5 Å². The predicted octanol–water partition coefficient (Wildman–Crippen LogP) is 5.14. The number of hydrogen-bond acceptors (Lipinski definition) is 2. The zero-order valence-electron chi connectivity index (χ0n) is 11.2. The second kappa shape index (κ2) is 9.68. The van der Waals surface area contributed by atoms with E-state index in [4.69, 9.17) is 9.47 Å². The van der Waals surface area contributed by atoms with E-state index in [-0.39, 0.29) is 0 Å². The average molecular weight is 325 g/mol. The number of hydrogen-bond donors (Lipinski definition) is 0. The molecule has 0 amide bonds. The average Bonchev–Trinajstić information content (AvgIpc) is 2.42. The van der Waals surface area contributed by atoms with E-state index < -0.39 is 0 Å². The van der Waals surface area contributed by atoms with Gasteiger partial charge in [0, 0.05) is 0 Å². The zero-order valence-corrected chi connectivity index (χ0v) is 12.8. The van der Waals surface area contributed by atoms with Gasteiger partial charge in [0.05, 0.1) is 13.2 Å². The summed E-state index contributed by atoms with van der Waals surface area (Å²) < 4.78 is 12.3. The highest BCUT2D eigenvalue weighted by Gasteiger charge is 2.07. The Morgan fingerprint density at radius 3 is 2.21 bits per heavy atom. The van der Waals surface area contributed by atoms with Gasteiger partial charge in [-0.3, -0.25) is 0 Å². The quantitative estimate of drug-likeness (QED) is 0.438. The summed E-state index contributed by atoms with van der Waals surface area (Å²) in [6, 6.07) is 5.81. The second-order valence-corrected chi connectivity index (χ2v) is 4.92. The lowest BCUT2D eigenvalue weighted by molar-refractivity contribution is 0.295. The fraction of sp³-hybridized carbons (Fsp3) is 0.375. The van der Waals surface area contributed by atoms with Crippen LogP contribution in [0.5, 0.6) is 11.5 Å². The third-order valence-electron chi connectivity index (χ3n) is 2.57. The van der Waals surface area contributed by atoms with Crippen LogP contribution in [0, 0.1) is 0 Å². The van der Waals surface area contributed by atoms with Crippen LogP contribution in [0.2, 0.25) is 0 Å². The minimum absolute atomic E-state index is 0.630. The van der Waals surface area contributed by atoms with Gasteiger partial charge in [0.1, 0.15) is 16.0 Å². The van der Waals surface area contributed by atoms with Crippen molar-refractivity contribution in [2.24, 2.45) is 0 Å². The van der Waals surface area contributed by atoms with Crippen LogP contribution in [0.1, 0.15) is 25.7 Å². The van der Waals surface area contributed by atoms with Crippen LogP contribution in [-0.4, -0.2) is 13.2 Å². The highest BCUT2D eigenvalue weighted by molar-refractivity contribution is 9.10. The Balaban J connectivity index is 2.46. The van der Waals surface area contributed by atoms with E-state index in [0.717, 1.165) is 41.7 Å². The third-order valence-corrected chi connectivity index (χ3v) is 3.35. The molecular weight excluding hydrogens is 304 g/mol. The van der Waals surface area contributed by atoms with Gasteiger partial charge in [-0.05, 0) is 53.7 Å². The molecule has 0 atom stereocenters. The van der Waals surface area contributed by atoms with Gasteiger partial charge in [-0.15, -0.1) is 13.2 Å². The van der Waals surface area contributed by atoms with E-state index >= 15 is 0 Å². The molecule has 1 rings (SSSR count). The van der Waals surface area contributed by atoms with Crippen molar-refractivity contribution in [2.45, 2.75) is 25.7 Å². The van der Waals surface area contributed by atoms with Gasteiger partial charge in [0.2, 0.25) is 0 Å². The van der Waals surface area contributed by atoms with Crippen molar-refractivity contribution in [2.75, 3.05) is 13.2 Å². The van der Waals surface area contributed by atoms with Crippen LogP contribution in [0.4, 0.5) is 0 Å². The van der Waals surface area contributed by atoms with Gasteiger partial charge in [-0.2, -0.15) is 0 Å². The molecule has 2 nitrogen and oxygen atoms in total. The largest absolute Gasteiger partial charge is 0.492 e. The van der Waals surface area contributed by atoms with Crippen molar-refractivity contribution in [3.8, 4) is 11.5 Å². The summed E-state index contributed by atoms with van der Waals surface area (Å²) in [6.07, 6.45) is 7.78. The molecule has 0 spiro atoms. The van der Waals surface area contributed by atoms with Gasteiger partial charge >= 0.3 is 0 Å². The van der Waals surface area contributed by atoms with E-state index in [1.54, 1.807) is 0 Å². The van der Waals surface area contributed by atoms with E-state index in [1.807, 2.05) is 30.4 Å². The van der Waals surface area contributed by atoms with Crippen LogP contribution in [0.15, 0.2) is 48.0 Å². The maximum absolute atomic E-state index is 5.75. The van der Waals surface area contributed by atoms with Crippen molar-refractivity contribution < 1.29 is 9.47 Å². The van der Waals surface area contributed by atoms with Crippen molar-refractivity contribution in [3.63, 3.8) is 0 Å². The molecule has 0 heterocycles. The Bertz CT molecular complexity index is 402. The maximum atomic E-state index is 5.75. The Hall–Kier alpha value is -1.22. The fourth-order valence-corrected chi connectivity index (χ4v) is 2.03. The molecule has 1 aromatic carbocycles. The molecule has 104 valence electrons. The van der Waals surface area contributed by atoms with Crippen molar-refractivity contribution >= 4 is 15.9 Å². The highest BCUT2D eigenvalue weighted by atomic mass is 79.9. The first-order valence-electron chi connectivity index (χ1n) is 6.55. The zero-order chi connectivity index (χ0) is 13.9. The van der Waals surface area contributed by atoms with Gasteiger partial charge < -0.3 is 9.47 Å². The predicted molar refractivity (Wildman–Crippen MR) is 84.0 cm³/mol. The standard InChI is InChI=1S/C16H21BrO2/c1-3-5-7-8-13-19-15-11-9-10-14(16(15)17)18-12-6-4-2/h3-4,9-11H,1-2,5-8,12-13H2. The molecule has 0 aliphatic rings. The normalized spacial score (nSPS) is 9.95. The molecule has 0 aromatic heterocycles. The van der Waals surface area contributed by atoms with Gasteiger partial charge in [-0.25, -0.2) is 0 Å². The first-order chi connectivity index (χ1) is 9.29. The first-order valence-corrected chi connectivity index (χ1v) is 7.34. The Labute approximate surface area is 124 Å². The lowest BCUT2D eigenvalue weighted by atomic mass is 10.2. The molecule has 0 N–H and O–H groups in total. The van der Waals surface area contributed by atoms with E-state index in [9.17, 15) is 0 Å². The molecule has 0 fully saturated rings. The highest BCUT2D eigenvalue weighted by Crippen LogP contribution is 2.34. The van der Waals surface area contributed by atoms with Gasteiger partial charge in [-0.1, -0.05) is 18.2 Å². The summed E-state index contributed by atoms with van der Waals surface area (Å²) >= 11 is 3.52. The number of halogens is 1. The monoisotopic (exact) mass is 324 g/mol. The Morgan fingerprint density at radius 1 is 0.947 bits per heavy atom. The molecule has 0 aliphatic heterocycles. The SMILES string of the molecule is C=CCCCCOc1cccc(OCCC=C)c1Br. The first kappa shape index (κ1) is 15.8. The minimum Gasteiger partial charge on any atom is -0.492 e. The summed E-state index contributed by atoms with van der Waals surface area (Å²) in [5, 5.41) is 0. The summed E-state index contributed by atoms with van der Waals surface area (Å²) in [5.41, 5.74) is 0. The van der Waals surface area contributed by atoms with E-state index in [0.29, 0.717) is 13.2 Å². The molecule has 19 heavy (non-hydrogen) atoms. The van der Waals surface area contributed by atoms with Crippen molar-refractivity contribution in [1.82, 2.24) is 0 Å². The summed E-state index contributed by atoms with van der Waals surface area (Å²) in [7, 11) is 0. The Kier molecular flexibility index (Phi) is 8.07. The molecule has 1 aromatic rings. The number of ether oxygens (including phenoxy) is 2. The number of unbranched alkanes of at least 4 members (excludes halogenated alkanes) is 2. The van der Waals surface area contributed by atoms with Crippen LogP contribution < -0.4 is 9.47 Å². The van der Waals surface area contributed by atoms with E-state index in [1.165, 1.54) is 0 Å². The summed E-state index contributed by atoms with van der Waals surface area (Å²) in [4.78, 5) is 0. The maximum Gasteiger partial charge on any atom is 0.137 e. The van der Waals surface area contributed by atoms with Crippen LogP contribution in [-0.2, 0) is 0 Å². The summed E-state index contributed by atoms with van der Waals surface area (Å²) in [5.74, 6) is 1.64. The minimum atomic E-state index is 0.630. The van der Waals surface area contributed by atoms with Crippen LogP contribution in [0.25, 0.3) is 0 Å². The fourth-order valence-electron chi connectivity index (χ4n) is 1.54. The second-order valence-electron chi connectivity index (χ2n) is 4.13.